The summed E-state index contributed by atoms with van der Waals surface area (Å²) >= 11 is 6.04. The summed E-state index contributed by atoms with van der Waals surface area (Å²) in [4.78, 5) is 18.0. The number of carbonyl (C=O) groups excluding carboxylic acids is 1. The summed E-state index contributed by atoms with van der Waals surface area (Å²) in [5.41, 5.74) is 11.5. The number of fused-ring (bicyclic) bond motifs is 1. The minimum atomic E-state index is -0.890. The van der Waals surface area contributed by atoms with Crippen LogP contribution in [0, 0.1) is 18.7 Å². The summed E-state index contributed by atoms with van der Waals surface area (Å²) in [6.45, 7) is 11.6. The Morgan fingerprint density at radius 3 is 2.53 bits per heavy atom. The van der Waals surface area contributed by atoms with Crippen LogP contribution in [0.5, 0.6) is 5.75 Å². The number of carbonyl (C=O) groups is 1. The van der Waals surface area contributed by atoms with Gasteiger partial charge in [-0.3, -0.25) is 9.69 Å². The Bertz CT molecular complexity index is 1700. The molecule has 0 amide bonds. The molecule has 3 aliphatic rings. The lowest BCUT2D eigenvalue weighted by Gasteiger charge is -2.38. The van der Waals surface area contributed by atoms with Crippen LogP contribution in [0.15, 0.2) is 66.5 Å². The van der Waals surface area contributed by atoms with Crippen molar-refractivity contribution in [1.82, 2.24) is 9.91 Å². The zero-order valence-electron chi connectivity index (χ0n) is 29.1. The summed E-state index contributed by atoms with van der Waals surface area (Å²) in [6, 6.07) is 17.1. The molecule has 3 aromatic carbocycles. The molecule has 10 heteroatoms. The summed E-state index contributed by atoms with van der Waals surface area (Å²) in [7, 11) is 0. The van der Waals surface area contributed by atoms with Gasteiger partial charge in [0, 0.05) is 41.4 Å². The summed E-state index contributed by atoms with van der Waals surface area (Å²) < 4.78 is 21.6. The first-order valence-corrected chi connectivity index (χ1v) is 18.0. The van der Waals surface area contributed by atoms with E-state index in [4.69, 9.17) is 27.9 Å². The van der Waals surface area contributed by atoms with Crippen molar-refractivity contribution in [3.05, 3.63) is 99.6 Å². The fraction of sp³-hybridized carbons (Fsp3) is 0.462. The number of ketones is 1. The van der Waals surface area contributed by atoms with E-state index in [0.717, 1.165) is 85.7 Å². The third-order valence-electron chi connectivity index (χ3n) is 10.6. The largest absolute Gasteiger partial charge is 0.482 e. The lowest BCUT2D eigenvalue weighted by molar-refractivity contribution is 0.0855. The Balaban J connectivity index is 1.17. The monoisotopic (exact) mass is 688 g/mol. The molecule has 1 unspecified atom stereocenters. The highest BCUT2D eigenvalue weighted by molar-refractivity contribution is 6.30. The summed E-state index contributed by atoms with van der Waals surface area (Å²) in [5, 5.41) is 5.78. The zero-order chi connectivity index (χ0) is 34.9. The Morgan fingerprint density at radius 1 is 1.12 bits per heavy atom. The van der Waals surface area contributed by atoms with Crippen LogP contribution in [0.4, 0.5) is 15.8 Å². The fourth-order valence-electron chi connectivity index (χ4n) is 7.43. The minimum Gasteiger partial charge on any atom is -0.482 e. The van der Waals surface area contributed by atoms with Crippen molar-refractivity contribution in [2.24, 2.45) is 17.5 Å². The van der Waals surface area contributed by atoms with Crippen molar-refractivity contribution in [1.29, 1.82) is 0 Å². The normalized spacial score (nSPS) is 19.0. The van der Waals surface area contributed by atoms with Crippen molar-refractivity contribution in [2.75, 3.05) is 42.9 Å². The average Bonchev–Trinajstić information content (AvgIpc) is 3.39. The second kappa shape index (κ2) is 14.6. The Kier molecular flexibility index (Phi) is 10.4. The van der Waals surface area contributed by atoms with Crippen LogP contribution in [0.3, 0.4) is 0 Å². The Morgan fingerprint density at radius 2 is 1.88 bits per heavy atom. The number of piperidine rings is 1. The highest BCUT2D eigenvalue weighted by Gasteiger charge is 2.35. The van der Waals surface area contributed by atoms with E-state index in [0.29, 0.717) is 29.6 Å². The molecule has 49 heavy (non-hydrogen) atoms. The molecule has 8 nitrogen and oxygen atoms in total. The van der Waals surface area contributed by atoms with Crippen molar-refractivity contribution in [3.8, 4) is 5.75 Å². The quantitative estimate of drug-likeness (QED) is 0.102. The van der Waals surface area contributed by atoms with E-state index >= 15 is 0 Å². The number of hydrogen-bond donors (Lipinski definition) is 3. The predicted molar refractivity (Wildman–Crippen MR) is 196 cm³/mol. The third kappa shape index (κ3) is 7.39. The van der Waals surface area contributed by atoms with Gasteiger partial charge >= 0.3 is 0 Å². The van der Waals surface area contributed by atoms with Gasteiger partial charge in [0.1, 0.15) is 23.3 Å². The second-order valence-corrected chi connectivity index (χ2v) is 14.7. The molecule has 0 spiro atoms. The highest BCUT2D eigenvalue weighted by Crippen LogP contribution is 2.42. The predicted octanol–water partition coefficient (Wildman–Crippen LogP) is 7.52. The smallest absolute Gasteiger partial charge is 0.166 e. The highest BCUT2D eigenvalue weighted by atomic mass is 35.5. The van der Waals surface area contributed by atoms with Gasteiger partial charge in [-0.25, -0.2) is 10.2 Å². The van der Waals surface area contributed by atoms with Crippen molar-refractivity contribution in [3.63, 3.8) is 0 Å². The van der Waals surface area contributed by atoms with Gasteiger partial charge in [0.25, 0.3) is 0 Å². The first-order chi connectivity index (χ1) is 23.5. The lowest BCUT2D eigenvalue weighted by Crippen LogP contribution is -2.49. The van der Waals surface area contributed by atoms with Crippen molar-refractivity contribution >= 4 is 28.8 Å². The maximum atomic E-state index is 15.0. The number of likely N-dealkylation sites (tertiary alicyclic amines) is 1. The van der Waals surface area contributed by atoms with Crippen LogP contribution in [0.2, 0.25) is 5.02 Å². The molecular weight excluding hydrogens is 639 g/mol. The number of Topliss-reactive ketones (excluding diaryl/α,β-unsaturated/α-hetero) is 1. The van der Waals surface area contributed by atoms with E-state index in [-0.39, 0.29) is 23.7 Å². The number of anilines is 2. The van der Waals surface area contributed by atoms with E-state index < -0.39 is 5.60 Å². The van der Waals surface area contributed by atoms with Crippen molar-refractivity contribution in [2.45, 2.75) is 77.5 Å². The van der Waals surface area contributed by atoms with Crippen LogP contribution in [-0.4, -0.2) is 54.6 Å². The number of aryl methyl sites for hydroxylation is 1. The van der Waals surface area contributed by atoms with Crippen molar-refractivity contribution < 1.29 is 13.9 Å². The molecule has 1 atom stereocenters. The topological polar surface area (TPSA) is 100 Å². The van der Waals surface area contributed by atoms with Gasteiger partial charge in [-0.05, 0) is 114 Å². The van der Waals surface area contributed by atoms with Gasteiger partial charge in [0.05, 0.1) is 23.6 Å². The number of hydrogen-bond acceptors (Lipinski definition) is 8. The Hall–Kier alpha value is -3.79. The number of nitrogens with two attached hydrogens (primary N) is 2. The van der Waals surface area contributed by atoms with Crippen LogP contribution in [0.1, 0.15) is 85.8 Å². The number of hydrazine groups is 1. The molecule has 1 aliphatic carbocycles. The second-order valence-electron chi connectivity index (χ2n) is 14.3. The van der Waals surface area contributed by atoms with Crippen LogP contribution in [0.25, 0.3) is 0 Å². The number of nitrogens with zero attached hydrogens (tertiary/aromatic N) is 3. The van der Waals surface area contributed by atoms with E-state index in [1.54, 1.807) is 23.3 Å². The van der Waals surface area contributed by atoms with Gasteiger partial charge in [0.2, 0.25) is 0 Å². The molecule has 6 rings (SSSR count). The Labute approximate surface area is 295 Å². The molecule has 262 valence electrons. The van der Waals surface area contributed by atoms with Gasteiger partial charge in [-0.15, -0.1) is 0 Å². The number of halogens is 2. The molecule has 0 aromatic heterocycles. The molecule has 1 saturated carbocycles. The number of benzene rings is 3. The van der Waals surface area contributed by atoms with E-state index in [1.807, 2.05) is 39.0 Å². The molecule has 0 radical (unpaired) electrons. The minimum absolute atomic E-state index is 0.0197. The maximum absolute atomic E-state index is 15.0. The van der Waals surface area contributed by atoms with Crippen LogP contribution >= 0.6 is 11.6 Å². The third-order valence-corrected chi connectivity index (χ3v) is 10.9. The number of nitrogens with one attached hydrogen (secondary N) is 1. The first-order valence-electron chi connectivity index (χ1n) is 17.6. The SMILES string of the molecule is CCN(N)/C(=C\N)CN1c2cc(C(=O)C3CCC3)ccc2NC1CN1CCC(c2cccc(C)c2OC(C)(C)c2ccc(Cl)cc2F)CC1. The lowest BCUT2D eigenvalue weighted by atomic mass is 9.80. The van der Waals surface area contributed by atoms with E-state index in [9.17, 15) is 9.18 Å². The maximum Gasteiger partial charge on any atom is 0.166 e. The summed E-state index contributed by atoms with van der Waals surface area (Å²) in [5.74, 6) is 7.46. The molecule has 0 bridgehead atoms. The van der Waals surface area contributed by atoms with Gasteiger partial charge in [-0.2, -0.15) is 0 Å². The van der Waals surface area contributed by atoms with Crippen LogP contribution in [-0.2, 0) is 5.60 Å². The van der Waals surface area contributed by atoms with Gasteiger partial charge < -0.3 is 25.7 Å². The van der Waals surface area contributed by atoms with Gasteiger partial charge in [0.15, 0.2) is 5.78 Å². The van der Waals surface area contributed by atoms with Gasteiger partial charge in [-0.1, -0.05) is 42.3 Å². The molecule has 5 N–H and O–H groups in total. The van der Waals surface area contributed by atoms with Crippen LogP contribution < -0.4 is 26.5 Å². The van der Waals surface area contributed by atoms with E-state index in [1.165, 1.54) is 11.6 Å². The molecule has 3 aromatic rings. The summed E-state index contributed by atoms with van der Waals surface area (Å²) in [6.07, 6.45) is 6.58. The zero-order valence-corrected chi connectivity index (χ0v) is 29.9. The molecule has 1 saturated heterocycles. The molecular formula is C39H50ClFN6O2. The molecule has 2 aliphatic heterocycles. The first kappa shape index (κ1) is 35.1. The number of ether oxygens (including phenoxy) is 1. The number of rotatable bonds is 12. The standard InChI is InChI=1S/C39H50ClFN6O2/c1-5-47(43)30(22-42)23-46-35-20-28(37(48)27-9-7-10-27)12-15-34(35)44-36(46)24-45-18-16-26(17-19-45)31-11-6-8-25(2)38(31)49-39(3,4)32-14-13-29(40)21-33(32)41/h6,8,11-15,20-22,26-27,36,44H,5,7,9-10,16-19,23-24,42-43H2,1-4H3/b30-22-. The average molecular weight is 689 g/mol. The fourth-order valence-corrected chi connectivity index (χ4v) is 7.59. The molecule has 2 heterocycles. The molecule has 2 fully saturated rings. The number of para-hydroxylation sites is 1. The van der Waals surface area contributed by atoms with E-state index in [2.05, 4.69) is 40.2 Å². The number of likely N-dealkylation sites (N-methyl/N-ethyl adjacent to an activating group) is 1.